The molecule has 0 saturated carbocycles. The second-order valence-corrected chi connectivity index (χ2v) is 7.85. The van der Waals surface area contributed by atoms with Crippen molar-refractivity contribution in [2.45, 2.75) is 6.92 Å². The molecule has 0 saturated heterocycles. The third kappa shape index (κ3) is 4.67. The van der Waals surface area contributed by atoms with E-state index < -0.39 is 0 Å². The van der Waals surface area contributed by atoms with E-state index in [0.717, 1.165) is 9.35 Å². The van der Waals surface area contributed by atoms with Crippen molar-refractivity contribution in [3.05, 3.63) is 50.1 Å². The van der Waals surface area contributed by atoms with Gasteiger partial charge in [-0.1, -0.05) is 12.1 Å². The van der Waals surface area contributed by atoms with E-state index in [-0.39, 0.29) is 24.3 Å². The van der Waals surface area contributed by atoms with Crippen LogP contribution in [0.15, 0.2) is 34.1 Å². The van der Waals surface area contributed by atoms with Crippen LogP contribution < -0.4 is 10.6 Å². The maximum absolute atomic E-state index is 12.3. The summed E-state index contributed by atoms with van der Waals surface area (Å²) in [6.07, 6.45) is 0. The molecule has 2 rings (SSSR count). The lowest BCUT2D eigenvalue weighted by Gasteiger charge is -2.17. The minimum absolute atomic E-state index is 0.116. The topological polar surface area (TPSA) is 78.5 Å². The molecule has 8 heteroatoms. The van der Waals surface area contributed by atoms with Gasteiger partial charge >= 0.3 is 0 Å². The summed E-state index contributed by atoms with van der Waals surface area (Å²) in [5.41, 5.74) is 1.59. The summed E-state index contributed by atoms with van der Waals surface area (Å²) >= 11 is 4.62. The zero-order chi connectivity index (χ0) is 18.6. The highest BCUT2D eigenvalue weighted by Crippen LogP contribution is 2.23. The van der Waals surface area contributed by atoms with E-state index in [4.69, 9.17) is 0 Å². The first-order chi connectivity index (χ1) is 11.8. The zero-order valence-electron chi connectivity index (χ0n) is 14.1. The van der Waals surface area contributed by atoms with E-state index in [0.29, 0.717) is 16.1 Å². The predicted molar refractivity (Wildman–Crippen MR) is 102 cm³/mol. The normalized spacial score (nSPS) is 10.2. The molecular weight excluding hydrogens is 406 g/mol. The summed E-state index contributed by atoms with van der Waals surface area (Å²) in [7, 11) is 3.09. The third-order valence-corrected chi connectivity index (χ3v) is 5.12. The average molecular weight is 424 g/mol. The standard InChI is InChI=1S/C17H18BrN3O3S/c1-10-5-4-6-11(15(10)16(23)19-2)20-14(22)9-21(3)17(24)12-7-8-13(18)25-12/h4-8H,9H2,1-3H3,(H,19,23)(H,20,22). The Labute approximate surface area is 158 Å². The molecule has 0 atom stereocenters. The van der Waals surface area contributed by atoms with Crippen molar-refractivity contribution in [3.8, 4) is 0 Å². The van der Waals surface area contributed by atoms with Crippen molar-refractivity contribution in [3.63, 3.8) is 0 Å². The van der Waals surface area contributed by atoms with Crippen molar-refractivity contribution in [2.24, 2.45) is 0 Å². The Morgan fingerprint density at radius 1 is 1.20 bits per heavy atom. The summed E-state index contributed by atoms with van der Waals surface area (Å²) in [5, 5.41) is 5.27. The van der Waals surface area contributed by atoms with Gasteiger partial charge in [0.2, 0.25) is 5.91 Å². The highest BCUT2D eigenvalue weighted by Gasteiger charge is 2.19. The van der Waals surface area contributed by atoms with Crippen molar-refractivity contribution in [1.29, 1.82) is 0 Å². The SMILES string of the molecule is CNC(=O)c1c(C)cccc1NC(=O)CN(C)C(=O)c1ccc(Br)s1. The molecule has 2 aromatic rings. The quantitative estimate of drug-likeness (QED) is 0.775. The number of benzene rings is 1. The van der Waals surface area contributed by atoms with Gasteiger partial charge in [0.25, 0.3) is 11.8 Å². The number of halogens is 1. The van der Waals surface area contributed by atoms with E-state index in [1.165, 1.54) is 23.3 Å². The molecule has 3 amide bonds. The smallest absolute Gasteiger partial charge is 0.264 e. The van der Waals surface area contributed by atoms with Gasteiger partial charge in [-0.05, 0) is 46.6 Å². The van der Waals surface area contributed by atoms with E-state index in [1.54, 1.807) is 44.3 Å². The lowest BCUT2D eigenvalue weighted by molar-refractivity contribution is -0.116. The van der Waals surface area contributed by atoms with E-state index in [1.807, 2.05) is 0 Å². The number of aryl methyl sites for hydroxylation is 1. The molecule has 1 aromatic carbocycles. The fourth-order valence-electron chi connectivity index (χ4n) is 2.29. The number of amides is 3. The highest BCUT2D eigenvalue weighted by molar-refractivity contribution is 9.11. The van der Waals surface area contributed by atoms with Crippen molar-refractivity contribution in [1.82, 2.24) is 10.2 Å². The van der Waals surface area contributed by atoms with Gasteiger partial charge < -0.3 is 15.5 Å². The number of thiophene rings is 1. The molecule has 0 aliphatic carbocycles. The number of likely N-dealkylation sites (N-methyl/N-ethyl adjacent to an activating group) is 1. The van der Waals surface area contributed by atoms with Gasteiger partial charge in [-0.15, -0.1) is 11.3 Å². The van der Waals surface area contributed by atoms with Crippen molar-refractivity contribution in [2.75, 3.05) is 26.0 Å². The number of nitrogens with zero attached hydrogens (tertiary/aromatic N) is 1. The van der Waals surface area contributed by atoms with E-state index in [2.05, 4.69) is 26.6 Å². The van der Waals surface area contributed by atoms with Crippen LogP contribution in [0, 0.1) is 6.92 Å². The Kier molecular flexibility index (Phi) is 6.33. The van der Waals surface area contributed by atoms with Crippen LogP contribution in [0.3, 0.4) is 0 Å². The second kappa shape index (κ2) is 8.26. The molecule has 0 spiro atoms. The molecule has 0 bridgehead atoms. The summed E-state index contributed by atoms with van der Waals surface area (Å²) in [4.78, 5) is 38.5. The Balaban J connectivity index is 2.09. The number of carbonyl (C=O) groups excluding carboxylic acids is 3. The van der Waals surface area contributed by atoms with Gasteiger partial charge in [-0.3, -0.25) is 14.4 Å². The molecule has 0 radical (unpaired) electrons. The summed E-state index contributed by atoms with van der Waals surface area (Å²) in [6, 6.07) is 8.71. The molecule has 0 aliphatic rings. The van der Waals surface area contributed by atoms with Crippen LogP contribution in [0.4, 0.5) is 5.69 Å². The molecule has 0 fully saturated rings. The molecule has 1 heterocycles. The van der Waals surface area contributed by atoms with Crippen LogP contribution >= 0.6 is 27.3 Å². The summed E-state index contributed by atoms with van der Waals surface area (Å²) in [5.74, 6) is -0.884. The minimum Gasteiger partial charge on any atom is -0.355 e. The zero-order valence-corrected chi connectivity index (χ0v) is 16.5. The number of carbonyl (C=O) groups is 3. The first-order valence-corrected chi connectivity index (χ1v) is 9.06. The van der Waals surface area contributed by atoms with Gasteiger partial charge in [0, 0.05) is 14.1 Å². The number of hydrogen-bond acceptors (Lipinski definition) is 4. The predicted octanol–water partition coefficient (Wildman–Crippen LogP) is 2.89. The average Bonchev–Trinajstić information content (AvgIpc) is 3.00. The van der Waals surface area contributed by atoms with Gasteiger partial charge in [0.15, 0.2) is 0 Å². The molecule has 6 nitrogen and oxygen atoms in total. The molecular formula is C17H18BrN3O3S. The Hall–Kier alpha value is -2.19. The highest BCUT2D eigenvalue weighted by atomic mass is 79.9. The number of nitrogens with one attached hydrogen (secondary N) is 2. The lowest BCUT2D eigenvalue weighted by Crippen LogP contribution is -2.35. The van der Waals surface area contributed by atoms with Crippen LogP contribution in [-0.4, -0.2) is 43.3 Å². The number of rotatable bonds is 5. The molecule has 0 unspecified atom stereocenters. The molecule has 0 aliphatic heterocycles. The fraction of sp³-hybridized carbons (Fsp3) is 0.235. The van der Waals surface area contributed by atoms with E-state index >= 15 is 0 Å². The maximum Gasteiger partial charge on any atom is 0.264 e. The van der Waals surface area contributed by atoms with Crippen molar-refractivity contribution >= 4 is 50.7 Å². The first kappa shape index (κ1) is 19.1. The van der Waals surface area contributed by atoms with Crippen LogP contribution in [0.1, 0.15) is 25.6 Å². The van der Waals surface area contributed by atoms with Crippen LogP contribution in [0.5, 0.6) is 0 Å². The fourth-order valence-corrected chi connectivity index (χ4v) is 3.67. The van der Waals surface area contributed by atoms with Gasteiger partial charge in [-0.25, -0.2) is 0 Å². The molecule has 25 heavy (non-hydrogen) atoms. The van der Waals surface area contributed by atoms with Gasteiger partial charge in [-0.2, -0.15) is 0 Å². The van der Waals surface area contributed by atoms with Crippen LogP contribution in [0.25, 0.3) is 0 Å². The van der Waals surface area contributed by atoms with Gasteiger partial charge in [0.1, 0.15) is 0 Å². The molecule has 132 valence electrons. The maximum atomic E-state index is 12.3. The van der Waals surface area contributed by atoms with Crippen LogP contribution in [-0.2, 0) is 4.79 Å². The Morgan fingerprint density at radius 3 is 2.52 bits per heavy atom. The first-order valence-electron chi connectivity index (χ1n) is 7.45. The van der Waals surface area contributed by atoms with E-state index in [9.17, 15) is 14.4 Å². The monoisotopic (exact) mass is 423 g/mol. The van der Waals surface area contributed by atoms with Crippen molar-refractivity contribution < 1.29 is 14.4 Å². The Bertz CT molecular complexity index is 819. The Morgan fingerprint density at radius 2 is 1.92 bits per heavy atom. The largest absolute Gasteiger partial charge is 0.355 e. The third-order valence-electron chi connectivity index (χ3n) is 3.51. The second-order valence-electron chi connectivity index (χ2n) is 5.39. The molecule has 2 N–H and O–H groups in total. The lowest BCUT2D eigenvalue weighted by atomic mass is 10.1. The van der Waals surface area contributed by atoms with Gasteiger partial charge in [0.05, 0.1) is 26.5 Å². The minimum atomic E-state index is -0.373. The van der Waals surface area contributed by atoms with Crippen LogP contribution in [0.2, 0.25) is 0 Å². The molecule has 1 aromatic heterocycles. The number of anilines is 1. The number of hydrogen-bond donors (Lipinski definition) is 2. The summed E-state index contributed by atoms with van der Waals surface area (Å²) in [6.45, 7) is 1.68. The summed E-state index contributed by atoms with van der Waals surface area (Å²) < 4.78 is 0.851.